The Kier molecular flexibility index (Phi) is 6.50. The predicted octanol–water partition coefficient (Wildman–Crippen LogP) is 2.60. The first kappa shape index (κ1) is 18.7. The molecule has 6 heteroatoms. The minimum absolute atomic E-state index is 0.0594. The van der Waals surface area contributed by atoms with Crippen LogP contribution >= 0.6 is 0 Å². The average Bonchev–Trinajstić information content (AvgIpc) is 3.26. The number of ether oxygens (including phenoxy) is 1. The first-order valence-corrected chi connectivity index (χ1v) is 9.49. The van der Waals surface area contributed by atoms with Gasteiger partial charge in [0.2, 0.25) is 11.8 Å². The molecule has 0 spiro atoms. The quantitative estimate of drug-likeness (QED) is 0.635. The maximum absolute atomic E-state index is 13.0. The molecule has 1 unspecified atom stereocenters. The van der Waals surface area contributed by atoms with Crippen molar-refractivity contribution in [1.29, 1.82) is 0 Å². The summed E-state index contributed by atoms with van der Waals surface area (Å²) in [4.78, 5) is 29.0. The summed E-state index contributed by atoms with van der Waals surface area (Å²) in [6, 6.07) is 3.67. The highest BCUT2D eigenvalue weighted by atomic mass is 16.5. The van der Waals surface area contributed by atoms with Crippen molar-refractivity contribution in [3.63, 3.8) is 0 Å². The van der Waals surface area contributed by atoms with E-state index in [2.05, 4.69) is 6.58 Å². The van der Waals surface area contributed by atoms with Crippen molar-refractivity contribution in [1.82, 2.24) is 9.80 Å². The highest BCUT2D eigenvalue weighted by Gasteiger charge is 2.31. The fraction of sp³-hybridized carbons (Fsp3) is 0.600. The molecule has 0 bridgehead atoms. The lowest BCUT2D eigenvalue weighted by atomic mass is 9.84. The third-order valence-corrected chi connectivity index (χ3v) is 5.17. The van der Waals surface area contributed by atoms with E-state index in [0.29, 0.717) is 19.6 Å². The molecule has 3 rings (SSSR count). The van der Waals surface area contributed by atoms with Crippen LogP contribution in [0.2, 0.25) is 0 Å². The molecule has 0 radical (unpaired) electrons. The lowest BCUT2D eigenvalue weighted by Crippen LogP contribution is -2.47. The zero-order valence-corrected chi connectivity index (χ0v) is 15.3. The zero-order valence-electron chi connectivity index (χ0n) is 15.3. The lowest BCUT2D eigenvalue weighted by molar-refractivity contribution is -0.145. The number of rotatable bonds is 9. The van der Waals surface area contributed by atoms with Gasteiger partial charge in [-0.15, -0.1) is 6.58 Å². The minimum atomic E-state index is -0.0774. The third kappa shape index (κ3) is 4.75. The summed E-state index contributed by atoms with van der Waals surface area (Å²) in [6.07, 6.45) is 8.27. The molecule has 1 saturated carbocycles. The SMILES string of the molecule is C=CCN(CC(=O)N(Cc1ccco1)CC1CCCO1)C(=O)C1CCC1. The van der Waals surface area contributed by atoms with Crippen LogP contribution in [-0.2, 0) is 20.9 Å². The van der Waals surface area contributed by atoms with Crippen molar-refractivity contribution in [2.45, 2.75) is 44.8 Å². The molecule has 2 heterocycles. The van der Waals surface area contributed by atoms with Crippen molar-refractivity contribution in [3.8, 4) is 0 Å². The van der Waals surface area contributed by atoms with Crippen LogP contribution in [0.4, 0.5) is 0 Å². The van der Waals surface area contributed by atoms with Crippen molar-refractivity contribution in [2.24, 2.45) is 5.92 Å². The summed E-state index contributed by atoms with van der Waals surface area (Å²) < 4.78 is 11.1. The fourth-order valence-corrected chi connectivity index (χ4v) is 3.44. The minimum Gasteiger partial charge on any atom is -0.467 e. The van der Waals surface area contributed by atoms with Crippen LogP contribution in [0.15, 0.2) is 35.5 Å². The van der Waals surface area contributed by atoms with E-state index >= 15 is 0 Å². The number of carbonyl (C=O) groups is 2. The number of hydrogen-bond donors (Lipinski definition) is 0. The molecule has 2 amide bonds. The summed E-state index contributed by atoms with van der Waals surface area (Å²) in [5.41, 5.74) is 0. The van der Waals surface area contributed by atoms with Crippen molar-refractivity contribution >= 4 is 11.8 Å². The van der Waals surface area contributed by atoms with Crippen LogP contribution in [0.1, 0.15) is 37.9 Å². The van der Waals surface area contributed by atoms with E-state index in [1.807, 2.05) is 12.1 Å². The lowest BCUT2D eigenvalue weighted by Gasteiger charge is -2.32. The van der Waals surface area contributed by atoms with Crippen LogP contribution in [0.5, 0.6) is 0 Å². The third-order valence-electron chi connectivity index (χ3n) is 5.17. The standard InChI is InChI=1S/C20H28N2O4/c1-2-10-21(20(24)16-6-3-7-16)15-19(23)22(13-17-8-4-11-25-17)14-18-9-5-12-26-18/h2,4,8,11,16,18H,1,3,5-7,9-10,12-15H2. The smallest absolute Gasteiger partial charge is 0.242 e. The Labute approximate surface area is 154 Å². The monoisotopic (exact) mass is 360 g/mol. The second kappa shape index (κ2) is 9.03. The van der Waals surface area contributed by atoms with Gasteiger partial charge in [-0.2, -0.15) is 0 Å². The van der Waals surface area contributed by atoms with Gasteiger partial charge in [-0.05, 0) is 37.8 Å². The summed E-state index contributed by atoms with van der Waals surface area (Å²) in [5.74, 6) is 0.794. The fourth-order valence-electron chi connectivity index (χ4n) is 3.44. The first-order valence-electron chi connectivity index (χ1n) is 9.49. The Hall–Kier alpha value is -2.08. The first-order chi connectivity index (χ1) is 12.7. The Bertz CT molecular complexity index is 603. The van der Waals surface area contributed by atoms with E-state index in [1.165, 1.54) is 0 Å². The molecular formula is C20H28N2O4. The molecule has 2 aliphatic rings. The van der Waals surface area contributed by atoms with Crippen molar-refractivity contribution in [3.05, 3.63) is 36.8 Å². The predicted molar refractivity (Wildman–Crippen MR) is 97.2 cm³/mol. The number of carbonyl (C=O) groups excluding carboxylic acids is 2. The second-order valence-electron chi connectivity index (χ2n) is 7.12. The second-order valence-corrected chi connectivity index (χ2v) is 7.12. The average molecular weight is 360 g/mol. The van der Waals surface area contributed by atoms with E-state index in [1.54, 1.807) is 22.1 Å². The molecule has 2 fully saturated rings. The van der Waals surface area contributed by atoms with Gasteiger partial charge in [0.15, 0.2) is 0 Å². The van der Waals surface area contributed by atoms with E-state index < -0.39 is 0 Å². The van der Waals surface area contributed by atoms with Crippen LogP contribution in [0.25, 0.3) is 0 Å². The molecule has 1 aromatic heterocycles. The Morgan fingerprint density at radius 1 is 1.23 bits per heavy atom. The highest BCUT2D eigenvalue weighted by Crippen LogP contribution is 2.28. The van der Waals surface area contributed by atoms with Gasteiger partial charge in [0.05, 0.1) is 18.9 Å². The molecule has 0 N–H and O–H groups in total. The van der Waals surface area contributed by atoms with Crippen LogP contribution in [0.3, 0.4) is 0 Å². The van der Waals surface area contributed by atoms with Crippen molar-refractivity contribution in [2.75, 3.05) is 26.2 Å². The summed E-state index contributed by atoms with van der Waals surface area (Å²) >= 11 is 0. The molecule has 6 nitrogen and oxygen atoms in total. The molecule has 1 saturated heterocycles. The zero-order chi connectivity index (χ0) is 18.4. The van der Waals surface area contributed by atoms with E-state index in [4.69, 9.17) is 9.15 Å². The Morgan fingerprint density at radius 2 is 2.08 bits per heavy atom. The van der Waals surface area contributed by atoms with Gasteiger partial charge in [0, 0.05) is 25.6 Å². The van der Waals surface area contributed by atoms with Gasteiger partial charge < -0.3 is 19.0 Å². The number of hydrogen-bond acceptors (Lipinski definition) is 4. The molecule has 1 aromatic rings. The molecular weight excluding hydrogens is 332 g/mol. The number of furan rings is 1. The maximum Gasteiger partial charge on any atom is 0.242 e. The van der Waals surface area contributed by atoms with Crippen LogP contribution < -0.4 is 0 Å². The highest BCUT2D eigenvalue weighted by molar-refractivity contribution is 5.86. The van der Waals surface area contributed by atoms with Gasteiger partial charge in [0.1, 0.15) is 12.3 Å². The van der Waals surface area contributed by atoms with Crippen molar-refractivity contribution < 1.29 is 18.7 Å². The Balaban J connectivity index is 1.65. The molecule has 0 aromatic carbocycles. The normalized spacial score (nSPS) is 19.8. The van der Waals surface area contributed by atoms with Crippen LogP contribution in [0, 0.1) is 5.92 Å². The molecule has 1 aliphatic carbocycles. The van der Waals surface area contributed by atoms with E-state index in [0.717, 1.165) is 44.5 Å². The van der Waals surface area contributed by atoms with Gasteiger partial charge >= 0.3 is 0 Å². The summed E-state index contributed by atoms with van der Waals surface area (Å²) in [5, 5.41) is 0. The molecule has 142 valence electrons. The molecule has 26 heavy (non-hydrogen) atoms. The molecule has 1 atom stereocenters. The van der Waals surface area contributed by atoms with E-state index in [-0.39, 0.29) is 30.4 Å². The van der Waals surface area contributed by atoms with Gasteiger partial charge in [-0.25, -0.2) is 0 Å². The van der Waals surface area contributed by atoms with Crippen LogP contribution in [-0.4, -0.2) is 54.0 Å². The molecule has 1 aliphatic heterocycles. The van der Waals surface area contributed by atoms with Gasteiger partial charge in [-0.1, -0.05) is 12.5 Å². The Morgan fingerprint density at radius 3 is 2.65 bits per heavy atom. The number of nitrogens with zero attached hydrogens (tertiary/aromatic N) is 2. The largest absolute Gasteiger partial charge is 0.467 e. The van der Waals surface area contributed by atoms with Gasteiger partial charge in [-0.3, -0.25) is 9.59 Å². The topological polar surface area (TPSA) is 63.0 Å². The number of amides is 2. The maximum atomic E-state index is 13.0. The van der Waals surface area contributed by atoms with E-state index in [9.17, 15) is 9.59 Å². The summed E-state index contributed by atoms with van der Waals surface area (Å²) in [6.45, 7) is 5.87. The summed E-state index contributed by atoms with van der Waals surface area (Å²) in [7, 11) is 0. The van der Waals surface area contributed by atoms with Gasteiger partial charge in [0.25, 0.3) is 0 Å².